The van der Waals surface area contributed by atoms with Gasteiger partial charge in [-0.25, -0.2) is 19.9 Å². The number of hydrogen-bond donors (Lipinski definition) is 0. The van der Waals surface area contributed by atoms with Crippen LogP contribution in [0.15, 0.2) is 128 Å². The molecule has 0 unspecified atom stereocenters. The van der Waals surface area contributed by atoms with Crippen LogP contribution in [0.1, 0.15) is 79.0 Å². The standard InChI is InChI=1S/C54H51N7O.Pt/c1-52(2,3)37-21-17-35(18-22-37)49-56-50(36-19-23-38(24-20-36)53(4,5)6)58-51(57-49)44-32-43-42-30-39(54(7,8)9)25-26-45(42)61(48-16-11-12-27-55-48)46(43)33-47(44)62-41-15-13-14-40(31-41)60-29-28-59(10)34-60;/h11-30,32H,1-10H3;/q;+2. The maximum Gasteiger partial charge on any atom is 2.00 e. The molecule has 8 nitrogen and oxygen atoms in total. The largest absolute Gasteiger partial charge is 2.00 e. The van der Waals surface area contributed by atoms with E-state index in [0.717, 1.165) is 44.4 Å². The van der Waals surface area contributed by atoms with E-state index in [1.165, 1.54) is 16.7 Å². The minimum absolute atomic E-state index is 0. The first-order valence-corrected chi connectivity index (χ1v) is 21.1. The van der Waals surface area contributed by atoms with Gasteiger partial charge in [0.1, 0.15) is 17.3 Å². The van der Waals surface area contributed by atoms with Crippen molar-refractivity contribution in [2.24, 2.45) is 0 Å². The molecule has 0 atom stereocenters. The SMILES string of the molecule is C[N+]1=C=[N+](c2[c-]c(Oc3[c-]c4c(cc3-c3nc(-c5ccc(C(C)(C)C)cc5)nc(-c5ccc(C(C)(C)C)cc5)n3)c3cc(C(C)(C)C)ccc3n4-c3ccccn3)ccc2)C=C1.[Pt+2]. The summed E-state index contributed by atoms with van der Waals surface area (Å²) in [7, 11) is 1.94. The minimum atomic E-state index is -0.0820. The van der Waals surface area contributed by atoms with Crippen molar-refractivity contribution in [2.45, 2.75) is 78.6 Å². The first-order chi connectivity index (χ1) is 29.5. The maximum absolute atomic E-state index is 6.92. The second kappa shape index (κ2) is 16.4. The molecule has 9 heteroatoms. The van der Waals surface area contributed by atoms with E-state index in [9.17, 15) is 0 Å². The molecule has 0 bridgehead atoms. The van der Waals surface area contributed by atoms with E-state index >= 15 is 0 Å². The van der Waals surface area contributed by atoms with Gasteiger partial charge in [-0.3, -0.25) is 0 Å². The van der Waals surface area contributed by atoms with Gasteiger partial charge >= 0.3 is 27.1 Å². The number of aromatic nitrogens is 5. The summed E-state index contributed by atoms with van der Waals surface area (Å²) in [6.45, 7) is 20.0. The summed E-state index contributed by atoms with van der Waals surface area (Å²) in [6, 6.07) is 48.1. The summed E-state index contributed by atoms with van der Waals surface area (Å²) in [4.78, 5) is 20.5. The summed E-state index contributed by atoms with van der Waals surface area (Å²) in [5.41, 5.74) is 8.63. The molecule has 0 aliphatic carbocycles. The molecule has 0 amide bonds. The molecule has 0 saturated carbocycles. The fraction of sp³-hybridized carbons (Fsp3) is 0.241. The van der Waals surface area contributed by atoms with E-state index in [0.29, 0.717) is 34.5 Å². The van der Waals surface area contributed by atoms with Gasteiger partial charge in [-0.1, -0.05) is 156 Å². The third-order valence-electron chi connectivity index (χ3n) is 11.3. The third-order valence-corrected chi connectivity index (χ3v) is 11.3. The summed E-state index contributed by atoms with van der Waals surface area (Å²) >= 11 is 0. The van der Waals surface area contributed by atoms with E-state index in [4.69, 9.17) is 24.7 Å². The quantitative estimate of drug-likeness (QED) is 0.117. The zero-order valence-electron chi connectivity index (χ0n) is 37.5. The number of hydrogen-bond acceptors (Lipinski definition) is 5. The van der Waals surface area contributed by atoms with Crippen LogP contribution < -0.4 is 4.74 Å². The van der Waals surface area contributed by atoms with Crippen LogP contribution >= 0.6 is 0 Å². The van der Waals surface area contributed by atoms with Crippen molar-refractivity contribution in [3.63, 3.8) is 0 Å². The molecule has 63 heavy (non-hydrogen) atoms. The van der Waals surface area contributed by atoms with Crippen LogP contribution in [0.2, 0.25) is 0 Å². The second-order valence-corrected chi connectivity index (χ2v) is 19.1. The smallest absolute Gasteiger partial charge is 0.508 e. The number of nitrogens with zero attached hydrogens (tertiary/aromatic N) is 7. The zero-order valence-corrected chi connectivity index (χ0v) is 39.8. The maximum atomic E-state index is 6.92. The topological polar surface area (TPSA) is 71.7 Å². The van der Waals surface area contributed by atoms with Crippen LogP contribution in [0.5, 0.6) is 11.5 Å². The van der Waals surface area contributed by atoms with Crippen LogP contribution in [0, 0.1) is 12.1 Å². The second-order valence-electron chi connectivity index (χ2n) is 19.1. The number of pyridine rings is 1. The molecular weight excluding hydrogens is 958 g/mol. The molecule has 0 N–H and O–H groups in total. The van der Waals surface area contributed by atoms with E-state index in [1.54, 1.807) is 0 Å². The number of fused-ring (bicyclic) bond motifs is 3. The van der Waals surface area contributed by atoms with Crippen molar-refractivity contribution in [1.82, 2.24) is 24.5 Å². The Kier molecular flexibility index (Phi) is 11.3. The molecular formula is C54H51N7OPt+2. The molecule has 1 aliphatic rings. The average molecular weight is 1010 g/mol. The molecule has 0 radical (unpaired) electrons. The number of rotatable bonds is 7. The van der Waals surface area contributed by atoms with Gasteiger partial charge in [0, 0.05) is 34.3 Å². The first-order valence-electron chi connectivity index (χ1n) is 21.1. The molecule has 0 saturated heterocycles. The van der Waals surface area contributed by atoms with Crippen LogP contribution in [0.3, 0.4) is 0 Å². The van der Waals surface area contributed by atoms with Crippen LogP contribution in [0.25, 0.3) is 61.8 Å². The Hall–Kier alpha value is -6.33. The molecule has 5 aromatic carbocycles. The molecule has 3 aromatic heterocycles. The van der Waals surface area contributed by atoms with E-state index in [2.05, 4.69) is 158 Å². The van der Waals surface area contributed by atoms with Gasteiger partial charge in [-0.15, -0.1) is 23.6 Å². The Morgan fingerprint density at radius 3 is 1.76 bits per heavy atom. The van der Waals surface area contributed by atoms with Gasteiger partial charge in [0.15, 0.2) is 18.7 Å². The van der Waals surface area contributed by atoms with Crippen molar-refractivity contribution >= 4 is 33.5 Å². The van der Waals surface area contributed by atoms with Crippen LogP contribution in [-0.4, -0.2) is 46.7 Å². The Bertz CT molecular complexity index is 3040. The molecule has 0 spiro atoms. The normalized spacial score (nSPS) is 13.0. The van der Waals surface area contributed by atoms with Crippen molar-refractivity contribution in [3.8, 4) is 51.5 Å². The van der Waals surface area contributed by atoms with E-state index in [1.807, 2.05) is 71.2 Å². The van der Waals surface area contributed by atoms with Gasteiger partial charge in [0.25, 0.3) is 6.20 Å². The molecule has 8 aromatic rings. The number of benzene rings is 5. The zero-order chi connectivity index (χ0) is 43.6. The summed E-state index contributed by atoms with van der Waals surface area (Å²) in [5.74, 6) is 3.31. The fourth-order valence-electron chi connectivity index (χ4n) is 7.68. The minimum Gasteiger partial charge on any atom is -0.508 e. The van der Waals surface area contributed by atoms with E-state index in [-0.39, 0.29) is 37.3 Å². The van der Waals surface area contributed by atoms with Crippen LogP contribution in [0.4, 0.5) is 5.69 Å². The molecule has 1 aliphatic heterocycles. The summed E-state index contributed by atoms with van der Waals surface area (Å²) < 4.78 is 12.8. The van der Waals surface area contributed by atoms with Crippen LogP contribution in [-0.2, 0) is 37.3 Å². The van der Waals surface area contributed by atoms with E-state index < -0.39 is 0 Å². The predicted molar refractivity (Wildman–Crippen MR) is 249 cm³/mol. The molecule has 0 fully saturated rings. The summed E-state index contributed by atoms with van der Waals surface area (Å²) in [5, 5.41) is 2.04. The Balaban J connectivity index is 0.00000544. The third kappa shape index (κ3) is 8.71. The van der Waals surface area contributed by atoms with Gasteiger partial charge in [0.2, 0.25) is 6.20 Å². The van der Waals surface area contributed by atoms with Crippen molar-refractivity contribution in [2.75, 3.05) is 7.05 Å². The van der Waals surface area contributed by atoms with Gasteiger partial charge in [-0.05, 0) is 62.1 Å². The predicted octanol–water partition coefficient (Wildman–Crippen LogP) is 12.6. The monoisotopic (exact) mass is 1010 g/mol. The van der Waals surface area contributed by atoms with Gasteiger partial charge in [0.05, 0.1) is 0 Å². The van der Waals surface area contributed by atoms with Crippen molar-refractivity contribution < 1.29 is 35.0 Å². The molecule has 316 valence electrons. The van der Waals surface area contributed by atoms with Crippen molar-refractivity contribution in [1.29, 1.82) is 0 Å². The average Bonchev–Trinajstić information content (AvgIpc) is 3.83. The fourth-order valence-corrected chi connectivity index (χ4v) is 7.68. The Labute approximate surface area is 384 Å². The van der Waals surface area contributed by atoms with Crippen molar-refractivity contribution in [3.05, 3.63) is 157 Å². The Morgan fingerprint density at radius 1 is 0.603 bits per heavy atom. The molecule has 4 heterocycles. The first kappa shape index (κ1) is 43.3. The van der Waals surface area contributed by atoms with Gasteiger partial charge < -0.3 is 9.30 Å². The molecule has 9 rings (SSSR count). The van der Waals surface area contributed by atoms with Gasteiger partial charge in [-0.2, -0.15) is 6.07 Å². The number of ether oxygens (including phenoxy) is 1. The summed E-state index contributed by atoms with van der Waals surface area (Å²) in [6.07, 6.45) is 5.69. The Morgan fingerprint density at radius 2 is 1.21 bits per heavy atom.